The molecule has 2 rings (SSSR count). The maximum absolute atomic E-state index is 11.7. The van der Waals surface area contributed by atoms with Gasteiger partial charge in [-0.25, -0.2) is 0 Å². The van der Waals surface area contributed by atoms with Crippen molar-refractivity contribution in [3.05, 3.63) is 0 Å². The molecule has 74 valence electrons. The lowest BCUT2D eigenvalue weighted by atomic mass is 10.1. The van der Waals surface area contributed by atoms with Crippen molar-refractivity contribution in [2.24, 2.45) is 5.92 Å². The fourth-order valence-corrected chi connectivity index (χ4v) is 2.47. The van der Waals surface area contributed by atoms with Crippen molar-refractivity contribution >= 4 is 5.91 Å². The SMILES string of the molecule is CC(C)C(=O)N1C[C@@H]2CC1CN2C. The summed E-state index contributed by atoms with van der Waals surface area (Å²) in [7, 11) is 2.15. The molecule has 0 aliphatic carbocycles. The second-order valence-electron chi connectivity index (χ2n) is 4.63. The predicted octanol–water partition coefficient (Wildman–Crippen LogP) is 0.557. The third kappa shape index (κ3) is 1.35. The number of hydrogen-bond acceptors (Lipinski definition) is 2. The molecule has 0 aromatic rings. The molecule has 0 aromatic heterocycles. The van der Waals surface area contributed by atoms with Crippen molar-refractivity contribution in [3.8, 4) is 0 Å². The van der Waals surface area contributed by atoms with E-state index < -0.39 is 0 Å². The Hall–Kier alpha value is -0.570. The Morgan fingerprint density at radius 3 is 2.38 bits per heavy atom. The number of fused-ring (bicyclic) bond motifs is 2. The lowest BCUT2D eigenvalue weighted by molar-refractivity contribution is -0.136. The van der Waals surface area contributed by atoms with E-state index in [-0.39, 0.29) is 5.92 Å². The molecule has 2 aliphatic rings. The second-order valence-corrected chi connectivity index (χ2v) is 4.63. The number of likely N-dealkylation sites (tertiary alicyclic amines) is 2. The van der Waals surface area contributed by atoms with E-state index in [1.165, 1.54) is 6.42 Å². The summed E-state index contributed by atoms with van der Waals surface area (Å²) < 4.78 is 0. The highest BCUT2D eigenvalue weighted by molar-refractivity contribution is 5.79. The highest BCUT2D eigenvalue weighted by Gasteiger charge is 2.43. The van der Waals surface area contributed by atoms with Gasteiger partial charge in [-0.15, -0.1) is 0 Å². The van der Waals surface area contributed by atoms with Crippen molar-refractivity contribution in [1.29, 1.82) is 0 Å². The van der Waals surface area contributed by atoms with Gasteiger partial charge in [0.2, 0.25) is 5.91 Å². The third-order valence-electron chi connectivity index (χ3n) is 3.29. The average molecular weight is 182 g/mol. The van der Waals surface area contributed by atoms with Gasteiger partial charge in [0.1, 0.15) is 0 Å². The zero-order valence-corrected chi connectivity index (χ0v) is 8.66. The van der Waals surface area contributed by atoms with Crippen LogP contribution in [0, 0.1) is 5.92 Å². The smallest absolute Gasteiger partial charge is 0.225 e. The summed E-state index contributed by atoms with van der Waals surface area (Å²) in [6.07, 6.45) is 1.19. The lowest BCUT2D eigenvalue weighted by Gasteiger charge is -2.33. The molecule has 1 amide bonds. The number of likely N-dealkylation sites (N-methyl/N-ethyl adjacent to an activating group) is 1. The van der Waals surface area contributed by atoms with Gasteiger partial charge in [-0.1, -0.05) is 13.8 Å². The summed E-state index contributed by atoms with van der Waals surface area (Å²) in [6.45, 7) is 6.00. The molecule has 0 spiro atoms. The number of amides is 1. The van der Waals surface area contributed by atoms with Gasteiger partial charge in [-0.05, 0) is 13.5 Å². The highest BCUT2D eigenvalue weighted by Crippen LogP contribution is 2.30. The lowest BCUT2D eigenvalue weighted by Crippen LogP contribution is -2.48. The van der Waals surface area contributed by atoms with Gasteiger partial charge in [-0.3, -0.25) is 9.69 Å². The Kier molecular flexibility index (Phi) is 2.06. The van der Waals surface area contributed by atoms with Gasteiger partial charge >= 0.3 is 0 Å². The van der Waals surface area contributed by atoms with E-state index in [4.69, 9.17) is 0 Å². The molecule has 3 heteroatoms. The molecule has 0 N–H and O–H groups in total. The predicted molar refractivity (Wildman–Crippen MR) is 51.4 cm³/mol. The molecular formula is C10H18N2O. The summed E-state index contributed by atoms with van der Waals surface area (Å²) in [5.74, 6) is 0.491. The Bertz CT molecular complexity index is 225. The standard InChI is InChI=1S/C10H18N2O/c1-7(2)10(13)12-6-8-4-9(12)5-11(8)3/h7-9H,4-6H2,1-3H3/t8-,9?/m0/s1. The first-order chi connectivity index (χ1) is 6.09. The fourth-order valence-electron chi connectivity index (χ4n) is 2.47. The number of rotatable bonds is 1. The molecule has 1 unspecified atom stereocenters. The van der Waals surface area contributed by atoms with Crippen LogP contribution in [-0.2, 0) is 4.79 Å². The van der Waals surface area contributed by atoms with E-state index in [1.54, 1.807) is 0 Å². The summed E-state index contributed by atoms with van der Waals surface area (Å²) in [6, 6.07) is 1.14. The number of carbonyl (C=O) groups excluding carboxylic acids is 1. The van der Waals surface area contributed by atoms with Gasteiger partial charge in [0.15, 0.2) is 0 Å². The quantitative estimate of drug-likeness (QED) is 0.591. The molecule has 2 atom stereocenters. The van der Waals surface area contributed by atoms with E-state index in [0.717, 1.165) is 13.1 Å². The topological polar surface area (TPSA) is 23.6 Å². The second kappa shape index (κ2) is 2.98. The fraction of sp³-hybridized carbons (Fsp3) is 0.900. The van der Waals surface area contributed by atoms with Crippen LogP contribution < -0.4 is 0 Å². The normalized spacial score (nSPS) is 33.4. The Morgan fingerprint density at radius 2 is 2.00 bits per heavy atom. The Morgan fingerprint density at radius 1 is 1.31 bits per heavy atom. The zero-order chi connectivity index (χ0) is 9.59. The molecule has 0 aromatic carbocycles. The van der Waals surface area contributed by atoms with E-state index in [2.05, 4.69) is 16.8 Å². The summed E-state index contributed by atoms with van der Waals surface area (Å²) >= 11 is 0. The van der Waals surface area contributed by atoms with Crippen molar-refractivity contribution in [2.75, 3.05) is 20.1 Å². The molecule has 2 fully saturated rings. The first kappa shape index (κ1) is 9.00. The zero-order valence-electron chi connectivity index (χ0n) is 8.66. The van der Waals surface area contributed by atoms with Crippen LogP contribution in [0.15, 0.2) is 0 Å². The number of piperazine rings is 1. The molecule has 2 bridgehead atoms. The molecule has 2 aliphatic heterocycles. The van der Waals surface area contributed by atoms with Crippen LogP contribution in [0.3, 0.4) is 0 Å². The maximum atomic E-state index is 11.7. The van der Waals surface area contributed by atoms with Crippen molar-refractivity contribution < 1.29 is 4.79 Å². The minimum atomic E-state index is 0.157. The molecule has 2 heterocycles. The van der Waals surface area contributed by atoms with E-state index in [0.29, 0.717) is 18.0 Å². The van der Waals surface area contributed by atoms with Gasteiger partial charge < -0.3 is 4.90 Å². The van der Waals surface area contributed by atoms with Crippen molar-refractivity contribution in [2.45, 2.75) is 32.4 Å². The van der Waals surface area contributed by atoms with Crippen LogP contribution in [0.1, 0.15) is 20.3 Å². The van der Waals surface area contributed by atoms with Crippen LogP contribution in [0.5, 0.6) is 0 Å². The minimum absolute atomic E-state index is 0.157. The third-order valence-corrected chi connectivity index (χ3v) is 3.29. The van der Waals surface area contributed by atoms with Crippen LogP contribution in [-0.4, -0.2) is 47.9 Å². The van der Waals surface area contributed by atoms with Gasteiger partial charge in [0.05, 0.1) is 0 Å². The Balaban J connectivity index is 2.03. The molecule has 0 radical (unpaired) electrons. The average Bonchev–Trinajstić information content (AvgIpc) is 2.60. The molecular weight excluding hydrogens is 164 g/mol. The van der Waals surface area contributed by atoms with E-state index in [1.807, 2.05) is 13.8 Å². The van der Waals surface area contributed by atoms with Crippen LogP contribution >= 0.6 is 0 Å². The summed E-state index contributed by atoms with van der Waals surface area (Å²) in [5.41, 5.74) is 0. The number of carbonyl (C=O) groups is 1. The summed E-state index contributed by atoms with van der Waals surface area (Å²) in [4.78, 5) is 16.2. The largest absolute Gasteiger partial charge is 0.337 e. The van der Waals surface area contributed by atoms with Crippen LogP contribution in [0.25, 0.3) is 0 Å². The molecule has 3 nitrogen and oxygen atoms in total. The van der Waals surface area contributed by atoms with Crippen LogP contribution in [0.4, 0.5) is 0 Å². The molecule has 2 saturated heterocycles. The highest BCUT2D eigenvalue weighted by atomic mass is 16.2. The first-order valence-corrected chi connectivity index (χ1v) is 5.10. The number of nitrogens with zero attached hydrogens (tertiary/aromatic N) is 2. The maximum Gasteiger partial charge on any atom is 0.225 e. The van der Waals surface area contributed by atoms with Crippen molar-refractivity contribution in [3.63, 3.8) is 0 Å². The van der Waals surface area contributed by atoms with Gasteiger partial charge in [0.25, 0.3) is 0 Å². The number of hydrogen-bond donors (Lipinski definition) is 0. The van der Waals surface area contributed by atoms with Gasteiger partial charge in [-0.2, -0.15) is 0 Å². The van der Waals surface area contributed by atoms with Crippen LogP contribution in [0.2, 0.25) is 0 Å². The van der Waals surface area contributed by atoms with Gasteiger partial charge in [0, 0.05) is 31.1 Å². The molecule has 0 saturated carbocycles. The summed E-state index contributed by atoms with van der Waals surface area (Å²) in [5, 5.41) is 0. The minimum Gasteiger partial charge on any atom is -0.337 e. The molecule has 13 heavy (non-hydrogen) atoms. The monoisotopic (exact) mass is 182 g/mol. The Labute approximate surface area is 79.7 Å². The van der Waals surface area contributed by atoms with E-state index in [9.17, 15) is 4.79 Å². The van der Waals surface area contributed by atoms with E-state index >= 15 is 0 Å². The van der Waals surface area contributed by atoms with Crippen molar-refractivity contribution in [1.82, 2.24) is 9.80 Å². The first-order valence-electron chi connectivity index (χ1n) is 5.10.